The first-order valence-electron chi connectivity index (χ1n) is 9.86. The number of carbonyl (C=O) groups excluding carboxylic acids is 3. The standard InChI is InChI=1S/C21H33N3O4/c1-4-5-6-7-8-21(27)24(13-14-28-3)16-20(26)22-15-19(25)23-18-11-9-17(2)10-12-18/h9-12H,4-8,13-16H2,1-3H3,(H,22,26)(H,23,25). The molecule has 7 nitrogen and oxygen atoms in total. The van der Waals surface area contributed by atoms with Crippen LogP contribution >= 0.6 is 0 Å². The van der Waals surface area contributed by atoms with E-state index in [0.29, 0.717) is 25.3 Å². The van der Waals surface area contributed by atoms with Crippen LogP contribution in [0.1, 0.15) is 44.6 Å². The van der Waals surface area contributed by atoms with Crippen molar-refractivity contribution in [2.45, 2.75) is 46.0 Å². The second-order valence-corrected chi connectivity index (χ2v) is 6.81. The van der Waals surface area contributed by atoms with Crippen molar-refractivity contribution in [3.8, 4) is 0 Å². The number of carbonyl (C=O) groups is 3. The summed E-state index contributed by atoms with van der Waals surface area (Å²) < 4.78 is 5.03. The number of unbranched alkanes of at least 4 members (excludes halogenated alkanes) is 3. The van der Waals surface area contributed by atoms with Gasteiger partial charge in [0.25, 0.3) is 0 Å². The molecule has 0 radical (unpaired) electrons. The lowest BCUT2D eigenvalue weighted by Crippen LogP contribution is -2.44. The molecule has 2 N–H and O–H groups in total. The Labute approximate surface area is 167 Å². The highest BCUT2D eigenvalue weighted by atomic mass is 16.5. The predicted molar refractivity (Wildman–Crippen MR) is 110 cm³/mol. The minimum Gasteiger partial charge on any atom is -0.383 e. The van der Waals surface area contributed by atoms with Gasteiger partial charge in [-0.2, -0.15) is 0 Å². The molecule has 0 fully saturated rings. The molecule has 0 heterocycles. The van der Waals surface area contributed by atoms with Gasteiger partial charge in [0.2, 0.25) is 17.7 Å². The normalized spacial score (nSPS) is 10.4. The molecule has 1 aromatic carbocycles. The number of hydrogen-bond donors (Lipinski definition) is 2. The van der Waals surface area contributed by atoms with Crippen molar-refractivity contribution in [1.82, 2.24) is 10.2 Å². The van der Waals surface area contributed by atoms with Crippen molar-refractivity contribution in [1.29, 1.82) is 0 Å². The first-order valence-corrected chi connectivity index (χ1v) is 9.86. The Morgan fingerprint density at radius 2 is 1.75 bits per heavy atom. The van der Waals surface area contributed by atoms with Crippen molar-refractivity contribution < 1.29 is 19.1 Å². The van der Waals surface area contributed by atoms with Crippen LogP contribution in [0, 0.1) is 6.92 Å². The highest BCUT2D eigenvalue weighted by Crippen LogP contribution is 2.08. The fourth-order valence-electron chi connectivity index (χ4n) is 2.60. The fraction of sp³-hybridized carbons (Fsp3) is 0.571. The van der Waals surface area contributed by atoms with E-state index in [0.717, 1.165) is 31.2 Å². The van der Waals surface area contributed by atoms with Gasteiger partial charge >= 0.3 is 0 Å². The average molecular weight is 392 g/mol. The number of amides is 3. The van der Waals surface area contributed by atoms with Gasteiger partial charge < -0.3 is 20.3 Å². The molecule has 0 saturated heterocycles. The number of aryl methyl sites for hydroxylation is 1. The Morgan fingerprint density at radius 3 is 2.39 bits per heavy atom. The number of rotatable bonds is 13. The molecule has 156 valence electrons. The summed E-state index contributed by atoms with van der Waals surface area (Å²) in [6.45, 7) is 4.58. The third-order valence-corrected chi connectivity index (χ3v) is 4.28. The summed E-state index contributed by atoms with van der Waals surface area (Å²) >= 11 is 0. The SMILES string of the molecule is CCCCCCC(=O)N(CCOC)CC(=O)NCC(=O)Nc1ccc(C)cc1. The molecule has 1 rings (SSSR count). The molecule has 0 spiro atoms. The van der Waals surface area contributed by atoms with Crippen LogP contribution in [0.5, 0.6) is 0 Å². The number of benzene rings is 1. The first kappa shape index (κ1) is 23.6. The van der Waals surface area contributed by atoms with Crippen LogP contribution in [0.25, 0.3) is 0 Å². The van der Waals surface area contributed by atoms with Gasteiger partial charge in [0.05, 0.1) is 19.7 Å². The number of methoxy groups -OCH3 is 1. The van der Waals surface area contributed by atoms with Crippen LogP contribution in [0.4, 0.5) is 5.69 Å². The molecule has 0 aliphatic heterocycles. The van der Waals surface area contributed by atoms with Gasteiger partial charge in [-0.05, 0) is 25.5 Å². The van der Waals surface area contributed by atoms with E-state index in [1.807, 2.05) is 19.1 Å². The minimum atomic E-state index is -0.364. The molecule has 0 bridgehead atoms. The molecular weight excluding hydrogens is 358 g/mol. The Balaban J connectivity index is 2.42. The summed E-state index contributed by atoms with van der Waals surface area (Å²) in [5.41, 5.74) is 1.77. The van der Waals surface area contributed by atoms with Crippen LogP contribution in [0.2, 0.25) is 0 Å². The van der Waals surface area contributed by atoms with E-state index in [1.165, 1.54) is 4.90 Å². The quantitative estimate of drug-likeness (QED) is 0.506. The molecule has 28 heavy (non-hydrogen) atoms. The molecule has 1 aromatic rings. The zero-order chi connectivity index (χ0) is 20.8. The van der Waals surface area contributed by atoms with Gasteiger partial charge in [0, 0.05) is 25.8 Å². The number of hydrogen-bond acceptors (Lipinski definition) is 4. The molecule has 0 aromatic heterocycles. The molecule has 0 saturated carbocycles. The van der Waals surface area contributed by atoms with Crippen molar-refractivity contribution in [3.05, 3.63) is 29.8 Å². The fourth-order valence-corrected chi connectivity index (χ4v) is 2.60. The van der Waals surface area contributed by atoms with Crippen molar-refractivity contribution in [3.63, 3.8) is 0 Å². The smallest absolute Gasteiger partial charge is 0.243 e. The average Bonchev–Trinajstić information content (AvgIpc) is 2.68. The van der Waals surface area contributed by atoms with Crippen molar-refractivity contribution in [2.24, 2.45) is 0 Å². The van der Waals surface area contributed by atoms with Crippen molar-refractivity contribution in [2.75, 3.05) is 38.7 Å². The third kappa shape index (κ3) is 10.1. The van der Waals surface area contributed by atoms with Crippen LogP contribution < -0.4 is 10.6 Å². The summed E-state index contributed by atoms with van der Waals surface area (Å²) in [6.07, 6.45) is 4.45. The third-order valence-electron chi connectivity index (χ3n) is 4.28. The van der Waals surface area contributed by atoms with Crippen LogP contribution in [-0.4, -0.2) is 56.0 Å². The Morgan fingerprint density at radius 1 is 1.04 bits per heavy atom. The van der Waals surface area contributed by atoms with Gasteiger partial charge in [-0.1, -0.05) is 43.9 Å². The number of anilines is 1. The number of ether oxygens (including phenoxy) is 1. The van der Waals surface area contributed by atoms with E-state index >= 15 is 0 Å². The summed E-state index contributed by atoms with van der Waals surface area (Å²) in [5.74, 6) is -0.740. The number of nitrogens with one attached hydrogen (secondary N) is 2. The van der Waals surface area contributed by atoms with Crippen molar-refractivity contribution >= 4 is 23.4 Å². The monoisotopic (exact) mass is 391 g/mol. The molecule has 7 heteroatoms. The highest BCUT2D eigenvalue weighted by molar-refractivity contribution is 5.95. The maximum atomic E-state index is 12.4. The second-order valence-electron chi connectivity index (χ2n) is 6.81. The first-order chi connectivity index (χ1) is 13.5. The van der Waals surface area contributed by atoms with Gasteiger partial charge in [0.15, 0.2) is 0 Å². The molecule has 0 unspecified atom stereocenters. The van der Waals surface area contributed by atoms with E-state index in [-0.39, 0.29) is 30.8 Å². The summed E-state index contributed by atoms with van der Waals surface area (Å²) in [4.78, 5) is 38.0. The van der Waals surface area contributed by atoms with Gasteiger partial charge in [-0.25, -0.2) is 0 Å². The van der Waals surface area contributed by atoms with E-state index in [4.69, 9.17) is 4.74 Å². The number of nitrogens with zero attached hydrogens (tertiary/aromatic N) is 1. The summed E-state index contributed by atoms with van der Waals surface area (Å²) in [7, 11) is 1.55. The Kier molecular flexibility index (Phi) is 11.6. The summed E-state index contributed by atoms with van der Waals surface area (Å²) in [6, 6.07) is 7.40. The molecule has 0 aliphatic rings. The molecule has 0 atom stereocenters. The molecule has 3 amide bonds. The maximum Gasteiger partial charge on any atom is 0.243 e. The lowest BCUT2D eigenvalue weighted by molar-refractivity contribution is -0.136. The molecule has 0 aliphatic carbocycles. The largest absolute Gasteiger partial charge is 0.383 e. The minimum absolute atomic E-state index is 0.0626. The zero-order valence-electron chi connectivity index (χ0n) is 17.3. The van der Waals surface area contributed by atoms with Gasteiger partial charge in [0.1, 0.15) is 0 Å². The van der Waals surface area contributed by atoms with E-state index in [2.05, 4.69) is 17.6 Å². The Hall–Kier alpha value is -2.41. The maximum absolute atomic E-state index is 12.4. The lowest BCUT2D eigenvalue weighted by atomic mass is 10.1. The van der Waals surface area contributed by atoms with E-state index < -0.39 is 0 Å². The van der Waals surface area contributed by atoms with E-state index in [9.17, 15) is 14.4 Å². The topological polar surface area (TPSA) is 87.7 Å². The van der Waals surface area contributed by atoms with E-state index in [1.54, 1.807) is 19.2 Å². The second kappa shape index (κ2) is 13.7. The zero-order valence-corrected chi connectivity index (χ0v) is 17.3. The summed E-state index contributed by atoms with van der Waals surface area (Å²) in [5, 5.41) is 5.29. The van der Waals surface area contributed by atoms with Gasteiger partial charge in [-0.15, -0.1) is 0 Å². The Bertz CT molecular complexity index is 617. The van der Waals surface area contributed by atoms with Crippen LogP contribution in [-0.2, 0) is 19.1 Å². The lowest BCUT2D eigenvalue weighted by Gasteiger charge is -2.22. The molecular formula is C21H33N3O4. The highest BCUT2D eigenvalue weighted by Gasteiger charge is 2.17. The van der Waals surface area contributed by atoms with Crippen LogP contribution in [0.3, 0.4) is 0 Å². The van der Waals surface area contributed by atoms with Gasteiger partial charge in [-0.3, -0.25) is 14.4 Å². The predicted octanol–water partition coefficient (Wildman–Crippen LogP) is 2.50. The van der Waals surface area contributed by atoms with Crippen LogP contribution in [0.15, 0.2) is 24.3 Å².